The van der Waals surface area contributed by atoms with Crippen LogP contribution < -0.4 is 0 Å². The quantitative estimate of drug-likeness (QED) is 0.791. The molecule has 90 valence electrons. The van der Waals surface area contributed by atoms with E-state index in [9.17, 15) is 0 Å². The maximum absolute atomic E-state index is 5.39. The minimum Gasteiger partial charge on any atom is -0.374 e. The van der Waals surface area contributed by atoms with Crippen LogP contribution in [0.15, 0.2) is 30.9 Å². The van der Waals surface area contributed by atoms with Gasteiger partial charge in [0.15, 0.2) is 0 Å². The van der Waals surface area contributed by atoms with Crippen molar-refractivity contribution < 1.29 is 4.74 Å². The van der Waals surface area contributed by atoms with Gasteiger partial charge in [-0.15, -0.1) is 0 Å². The van der Waals surface area contributed by atoms with Gasteiger partial charge in [0.25, 0.3) is 0 Å². The van der Waals surface area contributed by atoms with Crippen LogP contribution in [0.2, 0.25) is 0 Å². The molecule has 2 heterocycles. The van der Waals surface area contributed by atoms with Gasteiger partial charge < -0.3 is 9.30 Å². The van der Waals surface area contributed by atoms with Crippen molar-refractivity contribution in [2.75, 3.05) is 6.61 Å². The van der Waals surface area contributed by atoms with Crippen LogP contribution in [0.3, 0.4) is 0 Å². The predicted molar refractivity (Wildman–Crippen MR) is 65.6 cm³/mol. The summed E-state index contributed by atoms with van der Waals surface area (Å²) in [6.07, 6.45) is 7.50. The molecule has 17 heavy (non-hydrogen) atoms. The molecule has 0 aliphatic carbocycles. The smallest absolute Gasteiger partial charge is 0.135 e. The predicted octanol–water partition coefficient (Wildman–Crippen LogP) is 2.17. The van der Waals surface area contributed by atoms with Crippen molar-refractivity contribution >= 4 is 0 Å². The lowest BCUT2D eigenvalue weighted by Crippen LogP contribution is -2.07. The van der Waals surface area contributed by atoms with Crippen LogP contribution in [0.5, 0.6) is 0 Å². The third-order valence-corrected chi connectivity index (χ3v) is 2.71. The second kappa shape index (κ2) is 5.59. The zero-order valence-corrected chi connectivity index (χ0v) is 10.3. The molecule has 2 aromatic rings. The zero-order chi connectivity index (χ0) is 12.1. The molecule has 0 aliphatic rings. The summed E-state index contributed by atoms with van der Waals surface area (Å²) in [5.74, 6) is 0.961. The van der Waals surface area contributed by atoms with Gasteiger partial charge >= 0.3 is 0 Å². The third kappa shape index (κ3) is 2.91. The molecule has 0 radical (unpaired) electrons. The molecule has 0 saturated heterocycles. The first-order valence-corrected chi connectivity index (χ1v) is 5.78. The topological polar surface area (TPSA) is 39.9 Å². The Balaban J connectivity index is 2.13. The van der Waals surface area contributed by atoms with Gasteiger partial charge in [-0.1, -0.05) is 0 Å². The highest BCUT2D eigenvalue weighted by molar-refractivity contribution is 5.22. The summed E-state index contributed by atoms with van der Waals surface area (Å²) >= 11 is 0. The van der Waals surface area contributed by atoms with Gasteiger partial charge in [0.1, 0.15) is 12.4 Å². The Morgan fingerprint density at radius 3 is 3.00 bits per heavy atom. The molecule has 0 spiro atoms. The van der Waals surface area contributed by atoms with E-state index < -0.39 is 0 Å². The first-order valence-electron chi connectivity index (χ1n) is 5.78. The van der Waals surface area contributed by atoms with Crippen molar-refractivity contribution in [2.24, 2.45) is 0 Å². The first-order chi connectivity index (χ1) is 8.31. The van der Waals surface area contributed by atoms with Crippen LogP contribution in [-0.2, 0) is 17.9 Å². The van der Waals surface area contributed by atoms with Gasteiger partial charge in [0.2, 0.25) is 0 Å². The Hall–Kier alpha value is -1.68. The monoisotopic (exact) mass is 231 g/mol. The van der Waals surface area contributed by atoms with E-state index >= 15 is 0 Å². The average Bonchev–Trinajstić information content (AvgIpc) is 2.77. The highest BCUT2D eigenvalue weighted by Gasteiger charge is 2.04. The molecule has 0 fully saturated rings. The Morgan fingerprint density at radius 1 is 1.35 bits per heavy atom. The summed E-state index contributed by atoms with van der Waals surface area (Å²) in [5, 5.41) is 0. The molecule has 0 atom stereocenters. The maximum atomic E-state index is 5.39. The van der Waals surface area contributed by atoms with Crippen LogP contribution in [0.4, 0.5) is 0 Å². The van der Waals surface area contributed by atoms with E-state index in [4.69, 9.17) is 4.74 Å². The molecule has 0 N–H and O–H groups in total. The summed E-state index contributed by atoms with van der Waals surface area (Å²) in [6.45, 7) is 6.15. The number of aryl methyl sites for hydroxylation is 1. The van der Waals surface area contributed by atoms with Gasteiger partial charge in [0.05, 0.1) is 0 Å². The number of nitrogens with zero attached hydrogens (tertiary/aromatic N) is 3. The lowest BCUT2D eigenvalue weighted by atomic mass is 10.1. The molecule has 0 aromatic carbocycles. The van der Waals surface area contributed by atoms with E-state index in [1.807, 2.05) is 37.8 Å². The maximum Gasteiger partial charge on any atom is 0.135 e. The van der Waals surface area contributed by atoms with Crippen LogP contribution >= 0.6 is 0 Å². The first kappa shape index (κ1) is 11.8. The Labute approximate surface area is 101 Å². The molecule has 0 unspecified atom stereocenters. The van der Waals surface area contributed by atoms with Crippen molar-refractivity contribution in [1.29, 1.82) is 0 Å². The molecule has 0 saturated carbocycles. The van der Waals surface area contributed by atoms with Crippen LogP contribution in [0.1, 0.15) is 23.9 Å². The minimum absolute atomic E-state index is 0.563. The highest BCUT2D eigenvalue weighted by atomic mass is 16.5. The fourth-order valence-electron chi connectivity index (χ4n) is 1.68. The van der Waals surface area contributed by atoms with Crippen molar-refractivity contribution in [3.63, 3.8) is 0 Å². The molecular weight excluding hydrogens is 214 g/mol. The largest absolute Gasteiger partial charge is 0.374 e. The summed E-state index contributed by atoms with van der Waals surface area (Å²) in [7, 11) is 0. The number of rotatable bonds is 5. The van der Waals surface area contributed by atoms with Gasteiger partial charge in [-0.05, 0) is 31.0 Å². The SMILES string of the molecule is CCOCc1nccn1Cc1ccncc1C. The molecule has 0 amide bonds. The Morgan fingerprint density at radius 2 is 2.24 bits per heavy atom. The van der Waals surface area contributed by atoms with Crippen LogP contribution in [0.25, 0.3) is 0 Å². The fraction of sp³-hybridized carbons (Fsp3) is 0.385. The van der Waals surface area contributed by atoms with Gasteiger partial charge in [-0.2, -0.15) is 0 Å². The minimum atomic E-state index is 0.563. The van der Waals surface area contributed by atoms with Crippen molar-refractivity contribution in [2.45, 2.75) is 27.0 Å². The van der Waals surface area contributed by atoms with E-state index in [1.54, 1.807) is 0 Å². The molecule has 0 bridgehead atoms. The summed E-state index contributed by atoms with van der Waals surface area (Å²) < 4.78 is 7.50. The summed E-state index contributed by atoms with van der Waals surface area (Å²) in [5.41, 5.74) is 2.46. The Bertz CT molecular complexity index is 479. The van der Waals surface area contributed by atoms with E-state index in [2.05, 4.69) is 21.5 Å². The molecular formula is C13H17N3O. The summed E-state index contributed by atoms with van der Waals surface area (Å²) in [6, 6.07) is 2.04. The molecule has 2 rings (SSSR count). The number of ether oxygens (including phenoxy) is 1. The van der Waals surface area contributed by atoms with E-state index in [-0.39, 0.29) is 0 Å². The number of hydrogen-bond acceptors (Lipinski definition) is 3. The average molecular weight is 231 g/mol. The lowest BCUT2D eigenvalue weighted by molar-refractivity contribution is 0.126. The van der Waals surface area contributed by atoms with Crippen LogP contribution in [0, 0.1) is 6.92 Å². The van der Waals surface area contributed by atoms with Crippen molar-refractivity contribution in [1.82, 2.24) is 14.5 Å². The number of hydrogen-bond donors (Lipinski definition) is 0. The van der Waals surface area contributed by atoms with Gasteiger partial charge in [-0.3, -0.25) is 4.98 Å². The molecule has 2 aromatic heterocycles. The van der Waals surface area contributed by atoms with Crippen molar-refractivity contribution in [3.8, 4) is 0 Å². The zero-order valence-electron chi connectivity index (χ0n) is 10.3. The van der Waals surface area contributed by atoms with Crippen LogP contribution in [-0.4, -0.2) is 21.1 Å². The van der Waals surface area contributed by atoms with Crippen molar-refractivity contribution in [3.05, 3.63) is 47.8 Å². The molecule has 4 nitrogen and oxygen atoms in total. The third-order valence-electron chi connectivity index (χ3n) is 2.71. The fourth-order valence-corrected chi connectivity index (χ4v) is 1.68. The van der Waals surface area contributed by atoms with Gasteiger partial charge in [0, 0.05) is 37.9 Å². The second-order valence-corrected chi connectivity index (χ2v) is 3.91. The van der Waals surface area contributed by atoms with E-state index in [0.29, 0.717) is 13.2 Å². The number of imidazole rings is 1. The number of aromatic nitrogens is 3. The normalized spacial score (nSPS) is 10.7. The summed E-state index contributed by atoms with van der Waals surface area (Å²) in [4.78, 5) is 8.40. The highest BCUT2D eigenvalue weighted by Crippen LogP contribution is 2.09. The van der Waals surface area contributed by atoms with E-state index in [0.717, 1.165) is 12.4 Å². The lowest BCUT2D eigenvalue weighted by Gasteiger charge is -2.09. The molecule has 0 aliphatic heterocycles. The second-order valence-electron chi connectivity index (χ2n) is 3.91. The van der Waals surface area contributed by atoms with E-state index in [1.165, 1.54) is 11.1 Å². The number of pyridine rings is 1. The Kier molecular flexibility index (Phi) is 3.88. The molecule has 4 heteroatoms. The van der Waals surface area contributed by atoms with Gasteiger partial charge in [-0.25, -0.2) is 4.98 Å². The standard InChI is InChI=1S/C13H17N3O/c1-3-17-10-13-15-6-7-16(13)9-12-4-5-14-8-11(12)2/h4-8H,3,9-10H2,1-2H3.